The molecule has 4 nitrogen and oxygen atoms in total. The molecule has 0 atom stereocenters. The average Bonchev–Trinajstić information content (AvgIpc) is 2.47. The summed E-state index contributed by atoms with van der Waals surface area (Å²) in [4.78, 5) is 14.3. The predicted octanol–water partition coefficient (Wildman–Crippen LogP) is 1.54. The Kier molecular flexibility index (Phi) is 7.92. The Hall–Kier alpha value is -1.39. The molecular weight excluding hydrogens is 250 g/mol. The quantitative estimate of drug-likeness (QED) is 0.720. The van der Waals surface area contributed by atoms with E-state index in [0.717, 1.165) is 37.2 Å². The summed E-state index contributed by atoms with van der Waals surface area (Å²) in [5, 5.41) is 2.98. The summed E-state index contributed by atoms with van der Waals surface area (Å²) in [7, 11) is 0. The summed E-state index contributed by atoms with van der Waals surface area (Å²) in [6.45, 7) is 8.53. The second-order valence-corrected chi connectivity index (χ2v) is 4.93. The van der Waals surface area contributed by atoms with Crippen LogP contribution in [0.15, 0.2) is 24.3 Å². The average molecular weight is 277 g/mol. The topological polar surface area (TPSA) is 58.4 Å². The fourth-order valence-electron chi connectivity index (χ4n) is 2.26. The number of rotatable bonds is 9. The molecule has 112 valence electrons. The van der Waals surface area contributed by atoms with Crippen molar-refractivity contribution in [2.24, 2.45) is 5.73 Å². The van der Waals surface area contributed by atoms with Gasteiger partial charge in [-0.25, -0.2) is 0 Å². The fraction of sp³-hybridized carbons (Fsp3) is 0.562. The first-order chi connectivity index (χ1) is 9.71. The third-order valence-corrected chi connectivity index (χ3v) is 3.43. The Morgan fingerprint density at radius 1 is 1.20 bits per heavy atom. The van der Waals surface area contributed by atoms with Crippen molar-refractivity contribution in [1.82, 2.24) is 10.2 Å². The molecule has 3 N–H and O–H groups in total. The first kappa shape index (κ1) is 16.7. The molecule has 0 bridgehead atoms. The molecular formula is C16H27N3O. The predicted molar refractivity (Wildman–Crippen MR) is 83.5 cm³/mol. The molecule has 0 saturated carbocycles. The Balaban J connectivity index is 2.36. The van der Waals surface area contributed by atoms with Gasteiger partial charge in [0, 0.05) is 19.6 Å². The van der Waals surface area contributed by atoms with E-state index in [2.05, 4.69) is 24.1 Å². The van der Waals surface area contributed by atoms with Crippen LogP contribution in [0.25, 0.3) is 0 Å². The number of hydrogen-bond donors (Lipinski definition) is 2. The lowest BCUT2D eigenvalue weighted by Crippen LogP contribution is -2.36. The van der Waals surface area contributed by atoms with E-state index in [1.54, 1.807) is 0 Å². The van der Waals surface area contributed by atoms with Crippen molar-refractivity contribution in [3.8, 4) is 0 Å². The second-order valence-electron chi connectivity index (χ2n) is 4.93. The van der Waals surface area contributed by atoms with Crippen LogP contribution in [-0.4, -0.2) is 37.0 Å². The van der Waals surface area contributed by atoms with Gasteiger partial charge in [0.2, 0.25) is 5.91 Å². The van der Waals surface area contributed by atoms with E-state index in [-0.39, 0.29) is 5.91 Å². The van der Waals surface area contributed by atoms with Crippen molar-refractivity contribution in [2.45, 2.75) is 33.2 Å². The maximum Gasteiger partial charge on any atom is 0.224 e. The molecule has 0 aliphatic rings. The monoisotopic (exact) mass is 277 g/mol. The third-order valence-electron chi connectivity index (χ3n) is 3.43. The molecule has 0 unspecified atom stereocenters. The van der Waals surface area contributed by atoms with Crippen molar-refractivity contribution in [3.05, 3.63) is 35.4 Å². The van der Waals surface area contributed by atoms with E-state index in [1.165, 1.54) is 0 Å². The van der Waals surface area contributed by atoms with E-state index in [1.807, 2.05) is 24.3 Å². The highest BCUT2D eigenvalue weighted by Gasteiger charge is 2.07. The van der Waals surface area contributed by atoms with Gasteiger partial charge in [-0.1, -0.05) is 38.1 Å². The summed E-state index contributed by atoms with van der Waals surface area (Å²) in [6, 6.07) is 7.84. The summed E-state index contributed by atoms with van der Waals surface area (Å²) in [6.07, 6.45) is 1.55. The molecule has 0 radical (unpaired) electrons. The molecule has 1 aromatic rings. The molecule has 0 aromatic heterocycles. The lowest BCUT2D eigenvalue weighted by molar-refractivity contribution is -0.120. The van der Waals surface area contributed by atoms with Crippen LogP contribution in [0.1, 0.15) is 31.4 Å². The van der Waals surface area contributed by atoms with Crippen LogP contribution >= 0.6 is 0 Å². The largest absolute Gasteiger partial charge is 0.355 e. The van der Waals surface area contributed by atoms with Gasteiger partial charge in [0.25, 0.3) is 0 Å². The number of nitrogens with zero attached hydrogens (tertiary/aromatic N) is 1. The standard InChI is InChI=1S/C16H27N3O/c1-3-10-19(4-2)11-9-18-16(20)12-14-7-5-6-8-15(14)13-17/h5-8H,3-4,9-13,17H2,1-2H3,(H,18,20). The number of nitrogens with one attached hydrogen (secondary N) is 1. The number of likely N-dealkylation sites (N-methyl/N-ethyl adjacent to an activating group) is 1. The highest BCUT2D eigenvalue weighted by molar-refractivity contribution is 5.78. The Morgan fingerprint density at radius 3 is 2.50 bits per heavy atom. The van der Waals surface area contributed by atoms with Crippen LogP contribution in [0.4, 0.5) is 0 Å². The lowest BCUT2D eigenvalue weighted by Gasteiger charge is -2.19. The molecule has 0 aliphatic heterocycles. The van der Waals surface area contributed by atoms with Gasteiger partial charge in [0.05, 0.1) is 6.42 Å². The lowest BCUT2D eigenvalue weighted by atomic mass is 10.0. The van der Waals surface area contributed by atoms with Crippen LogP contribution in [0.3, 0.4) is 0 Å². The minimum absolute atomic E-state index is 0.0680. The van der Waals surface area contributed by atoms with Crippen molar-refractivity contribution >= 4 is 5.91 Å². The Morgan fingerprint density at radius 2 is 1.90 bits per heavy atom. The summed E-state index contributed by atoms with van der Waals surface area (Å²) < 4.78 is 0. The van der Waals surface area contributed by atoms with Gasteiger partial charge in [-0.15, -0.1) is 0 Å². The third kappa shape index (κ3) is 5.72. The molecule has 1 amide bonds. The van der Waals surface area contributed by atoms with Crippen molar-refractivity contribution < 1.29 is 4.79 Å². The first-order valence-corrected chi connectivity index (χ1v) is 7.47. The second kappa shape index (κ2) is 9.50. The smallest absolute Gasteiger partial charge is 0.224 e. The van der Waals surface area contributed by atoms with Crippen LogP contribution in [0.2, 0.25) is 0 Å². The molecule has 0 heterocycles. The van der Waals surface area contributed by atoms with E-state index in [4.69, 9.17) is 5.73 Å². The van der Waals surface area contributed by atoms with E-state index in [9.17, 15) is 4.79 Å². The van der Waals surface area contributed by atoms with Gasteiger partial charge < -0.3 is 16.0 Å². The van der Waals surface area contributed by atoms with Gasteiger partial charge in [0.15, 0.2) is 0 Å². The fourth-order valence-corrected chi connectivity index (χ4v) is 2.26. The number of benzene rings is 1. The van der Waals surface area contributed by atoms with Crippen LogP contribution in [0, 0.1) is 0 Å². The number of amides is 1. The minimum Gasteiger partial charge on any atom is -0.355 e. The highest BCUT2D eigenvalue weighted by atomic mass is 16.1. The van der Waals surface area contributed by atoms with E-state index >= 15 is 0 Å². The molecule has 0 fully saturated rings. The Bertz CT molecular complexity index is 406. The van der Waals surface area contributed by atoms with Crippen LogP contribution < -0.4 is 11.1 Å². The van der Waals surface area contributed by atoms with Gasteiger partial charge in [0.1, 0.15) is 0 Å². The van der Waals surface area contributed by atoms with Gasteiger partial charge in [-0.3, -0.25) is 4.79 Å². The maximum atomic E-state index is 11.9. The van der Waals surface area contributed by atoms with Gasteiger partial charge in [-0.2, -0.15) is 0 Å². The minimum atomic E-state index is 0.0680. The molecule has 1 aromatic carbocycles. The molecule has 0 saturated heterocycles. The van der Waals surface area contributed by atoms with E-state index in [0.29, 0.717) is 19.5 Å². The van der Waals surface area contributed by atoms with Crippen LogP contribution in [0.5, 0.6) is 0 Å². The molecule has 0 aliphatic carbocycles. The first-order valence-electron chi connectivity index (χ1n) is 7.47. The zero-order valence-electron chi connectivity index (χ0n) is 12.7. The number of carbonyl (C=O) groups excluding carboxylic acids is 1. The molecule has 20 heavy (non-hydrogen) atoms. The SMILES string of the molecule is CCCN(CC)CCNC(=O)Cc1ccccc1CN. The Labute approximate surface area is 122 Å². The summed E-state index contributed by atoms with van der Waals surface area (Å²) in [5.74, 6) is 0.0680. The summed E-state index contributed by atoms with van der Waals surface area (Å²) >= 11 is 0. The number of hydrogen-bond acceptors (Lipinski definition) is 3. The molecule has 1 rings (SSSR count). The van der Waals surface area contributed by atoms with E-state index < -0.39 is 0 Å². The van der Waals surface area contributed by atoms with Crippen molar-refractivity contribution in [3.63, 3.8) is 0 Å². The zero-order valence-corrected chi connectivity index (χ0v) is 12.7. The van der Waals surface area contributed by atoms with Crippen molar-refractivity contribution in [1.29, 1.82) is 0 Å². The number of carbonyl (C=O) groups is 1. The van der Waals surface area contributed by atoms with Crippen LogP contribution in [-0.2, 0) is 17.8 Å². The highest BCUT2D eigenvalue weighted by Crippen LogP contribution is 2.08. The normalized spacial score (nSPS) is 10.8. The van der Waals surface area contributed by atoms with Gasteiger partial charge in [-0.05, 0) is 30.6 Å². The molecule has 4 heteroatoms. The number of nitrogens with two attached hydrogens (primary N) is 1. The van der Waals surface area contributed by atoms with Crippen molar-refractivity contribution in [2.75, 3.05) is 26.2 Å². The zero-order chi connectivity index (χ0) is 14.8. The van der Waals surface area contributed by atoms with Gasteiger partial charge >= 0.3 is 0 Å². The summed E-state index contributed by atoms with van der Waals surface area (Å²) in [5.41, 5.74) is 7.75. The molecule has 0 spiro atoms. The maximum absolute atomic E-state index is 11.9.